The molecule has 3 rings (SSSR count). The number of nitrogens with zero attached hydrogens (tertiary/aromatic N) is 5. The van der Waals surface area contributed by atoms with Crippen molar-refractivity contribution in [2.45, 2.75) is 46.2 Å². The molecule has 0 bridgehead atoms. The van der Waals surface area contributed by atoms with Crippen LogP contribution >= 0.6 is 0 Å². The van der Waals surface area contributed by atoms with Gasteiger partial charge in [0.1, 0.15) is 0 Å². The molecule has 7 nitrogen and oxygen atoms in total. The van der Waals surface area contributed by atoms with Crippen molar-refractivity contribution in [2.75, 3.05) is 23.9 Å². The predicted octanol–water partition coefficient (Wildman–Crippen LogP) is 3.67. The number of aromatic nitrogens is 4. The van der Waals surface area contributed by atoms with Crippen LogP contribution in [0.15, 0.2) is 30.6 Å². The molecule has 0 saturated carbocycles. The second-order valence-corrected chi connectivity index (χ2v) is 7.12. The first-order valence-corrected chi connectivity index (χ1v) is 9.37. The van der Waals surface area contributed by atoms with E-state index in [1.165, 1.54) is 5.56 Å². The van der Waals surface area contributed by atoms with Crippen LogP contribution in [-0.2, 0) is 0 Å². The topological polar surface area (TPSA) is 79.1 Å². The van der Waals surface area contributed by atoms with Gasteiger partial charge < -0.3 is 19.9 Å². The third kappa shape index (κ3) is 3.88. The third-order valence-electron chi connectivity index (χ3n) is 4.71. The minimum absolute atomic E-state index is 0.0321. The molecule has 2 heterocycles. The molecule has 2 N–H and O–H groups in total. The highest BCUT2D eigenvalue weighted by atomic mass is 16.3. The second kappa shape index (κ2) is 7.92. The number of hydrogen-bond acceptors (Lipinski definition) is 6. The van der Waals surface area contributed by atoms with Gasteiger partial charge in [-0.1, -0.05) is 19.1 Å². The lowest BCUT2D eigenvalue weighted by atomic mass is 10.2. The highest BCUT2D eigenvalue weighted by Gasteiger charge is 2.19. The van der Waals surface area contributed by atoms with E-state index in [1.54, 1.807) is 0 Å². The maximum absolute atomic E-state index is 9.54. The highest BCUT2D eigenvalue weighted by Crippen LogP contribution is 2.30. The lowest BCUT2D eigenvalue weighted by Gasteiger charge is -2.21. The van der Waals surface area contributed by atoms with E-state index in [-0.39, 0.29) is 18.7 Å². The van der Waals surface area contributed by atoms with Crippen LogP contribution in [0.2, 0.25) is 0 Å². The summed E-state index contributed by atoms with van der Waals surface area (Å²) in [7, 11) is 1.98. The molecule has 27 heavy (non-hydrogen) atoms. The van der Waals surface area contributed by atoms with Crippen LogP contribution in [0.25, 0.3) is 11.2 Å². The minimum Gasteiger partial charge on any atom is -0.394 e. The quantitative estimate of drug-likeness (QED) is 0.662. The van der Waals surface area contributed by atoms with Crippen LogP contribution in [0.4, 0.5) is 17.5 Å². The summed E-state index contributed by atoms with van der Waals surface area (Å²) in [5.74, 6) is 1.24. The Bertz CT molecular complexity index is 916. The zero-order chi connectivity index (χ0) is 19.6. The summed E-state index contributed by atoms with van der Waals surface area (Å²) in [6, 6.07) is 8.41. The number of aryl methyl sites for hydroxylation is 1. The van der Waals surface area contributed by atoms with Gasteiger partial charge in [-0.2, -0.15) is 9.97 Å². The van der Waals surface area contributed by atoms with Crippen molar-refractivity contribution in [3.63, 3.8) is 0 Å². The number of fused-ring (bicyclic) bond motifs is 1. The number of rotatable bonds is 7. The van der Waals surface area contributed by atoms with Gasteiger partial charge in [-0.25, -0.2) is 4.98 Å². The molecule has 0 amide bonds. The minimum atomic E-state index is -0.0880. The third-order valence-corrected chi connectivity index (χ3v) is 4.71. The Hall–Kier alpha value is -2.67. The van der Waals surface area contributed by atoms with Gasteiger partial charge in [-0.15, -0.1) is 0 Å². The number of aliphatic hydroxyl groups is 1. The lowest BCUT2D eigenvalue weighted by Crippen LogP contribution is -2.24. The highest BCUT2D eigenvalue weighted by molar-refractivity contribution is 5.87. The predicted molar refractivity (Wildman–Crippen MR) is 110 cm³/mol. The molecule has 0 spiro atoms. The van der Waals surface area contributed by atoms with Crippen LogP contribution in [0.5, 0.6) is 0 Å². The summed E-state index contributed by atoms with van der Waals surface area (Å²) in [5.41, 5.74) is 3.76. The molecule has 3 aromatic rings. The molecule has 7 heteroatoms. The van der Waals surface area contributed by atoms with Crippen LogP contribution in [-0.4, -0.2) is 44.3 Å². The first-order chi connectivity index (χ1) is 12.9. The molecule has 1 aromatic carbocycles. The largest absolute Gasteiger partial charge is 0.394 e. The van der Waals surface area contributed by atoms with E-state index in [2.05, 4.69) is 54.3 Å². The van der Waals surface area contributed by atoms with E-state index < -0.39 is 0 Å². The van der Waals surface area contributed by atoms with E-state index in [0.717, 1.165) is 29.1 Å². The van der Waals surface area contributed by atoms with Gasteiger partial charge in [0.2, 0.25) is 5.95 Å². The van der Waals surface area contributed by atoms with E-state index in [0.29, 0.717) is 5.95 Å². The average molecular weight is 368 g/mol. The first kappa shape index (κ1) is 19.1. The molecule has 0 aliphatic heterocycles. The smallest absolute Gasteiger partial charge is 0.227 e. The number of hydrogen-bond donors (Lipinski definition) is 2. The Morgan fingerprint density at radius 3 is 2.67 bits per heavy atom. The molecule has 1 unspecified atom stereocenters. The normalized spacial score (nSPS) is 12.6. The van der Waals surface area contributed by atoms with E-state index >= 15 is 0 Å². The maximum atomic E-state index is 9.54. The van der Waals surface area contributed by atoms with Crippen LogP contribution < -0.4 is 10.2 Å². The van der Waals surface area contributed by atoms with Crippen molar-refractivity contribution < 1.29 is 5.11 Å². The summed E-state index contributed by atoms with van der Waals surface area (Å²) in [4.78, 5) is 16.0. The van der Waals surface area contributed by atoms with Gasteiger partial charge in [-0.05, 0) is 44.9 Å². The summed E-state index contributed by atoms with van der Waals surface area (Å²) in [6.07, 6.45) is 2.59. The van der Waals surface area contributed by atoms with Gasteiger partial charge in [0, 0.05) is 18.8 Å². The molecular formula is C20H28N6O. The zero-order valence-corrected chi connectivity index (χ0v) is 16.6. The SMILES string of the molecule is CCC(CO)Nc1nc(N(C)c2cccc(C)c2)c2ncn(C(C)C)c2n1. The lowest BCUT2D eigenvalue weighted by molar-refractivity contribution is 0.271. The van der Waals surface area contributed by atoms with Crippen molar-refractivity contribution in [3.05, 3.63) is 36.2 Å². The van der Waals surface area contributed by atoms with Gasteiger partial charge >= 0.3 is 0 Å². The molecule has 144 valence electrons. The molecule has 1 atom stereocenters. The summed E-state index contributed by atoms with van der Waals surface area (Å²) >= 11 is 0. The monoisotopic (exact) mass is 368 g/mol. The number of benzene rings is 1. The molecule has 0 saturated heterocycles. The number of anilines is 3. The standard InChI is InChI=1S/C20H28N6O/c1-6-15(11-27)22-20-23-18(25(5)16-9-7-8-14(4)10-16)17-19(24-20)26(12-21-17)13(2)3/h7-10,12-13,15,27H,6,11H2,1-5H3,(H,22,23,24). The Morgan fingerprint density at radius 2 is 2.04 bits per heavy atom. The van der Waals surface area contributed by atoms with Crippen molar-refractivity contribution in [2.24, 2.45) is 0 Å². The Morgan fingerprint density at radius 1 is 1.26 bits per heavy atom. The Labute approximate surface area is 160 Å². The van der Waals surface area contributed by atoms with Crippen LogP contribution in [0.1, 0.15) is 38.8 Å². The molecule has 0 aliphatic carbocycles. The van der Waals surface area contributed by atoms with Crippen molar-refractivity contribution in [1.29, 1.82) is 0 Å². The van der Waals surface area contributed by atoms with Crippen LogP contribution in [0, 0.1) is 6.92 Å². The molecule has 0 radical (unpaired) electrons. The van der Waals surface area contributed by atoms with Crippen molar-refractivity contribution >= 4 is 28.6 Å². The molecule has 2 aromatic heterocycles. The average Bonchev–Trinajstić information content (AvgIpc) is 3.09. The van der Waals surface area contributed by atoms with Gasteiger partial charge in [0.25, 0.3) is 0 Å². The summed E-state index contributed by atoms with van der Waals surface area (Å²) in [5, 5.41) is 12.8. The van der Waals surface area contributed by atoms with E-state index in [9.17, 15) is 5.11 Å². The summed E-state index contributed by atoms with van der Waals surface area (Å²) < 4.78 is 2.04. The van der Waals surface area contributed by atoms with Gasteiger partial charge in [0.15, 0.2) is 17.0 Å². The number of nitrogens with one attached hydrogen (secondary N) is 1. The van der Waals surface area contributed by atoms with Crippen molar-refractivity contribution in [3.8, 4) is 0 Å². The Balaban J connectivity index is 2.14. The van der Waals surface area contributed by atoms with Gasteiger partial charge in [0.05, 0.1) is 19.0 Å². The van der Waals surface area contributed by atoms with Crippen LogP contribution in [0.3, 0.4) is 0 Å². The Kier molecular flexibility index (Phi) is 5.60. The fourth-order valence-electron chi connectivity index (χ4n) is 3.00. The second-order valence-electron chi connectivity index (χ2n) is 7.12. The van der Waals surface area contributed by atoms with Crippen molar-refractivity contribution in [1.82, 2.24) is 19.5 Å². The zero-order valence-electron chi connectivity index (χ0n) is 16.6. The number of imidazole rings is 1. The fraction of sp³-hybridized carbons (Fsp3) is 0.450. The first-order valence-electron chi connectivity index (χ1n) is 9.37. The van der Waals surface area contributed by atoms with E-state index in [4.69, 9.17) is 4.98 Å². The number of aliphatic hydroxyl groups excluding tert-OH is 1. The fourth-order valence-corrected chi connectivity index (χ4v) is 3.00. The molecule has 0 fully saturated rings. The summed E-state index contributed by atoms with van der Waals surface area (Å²) in [6.45, 7) is 8.32. The van der Waals surface area contributed by atoms with E-state index in [1.807, 2.05) is 35.8 Å². The molecule has 0 aliphatic rings. The maximum Gasteiger partial charge on any atom is 0.227 e. The van der Waals surface area contributed by atoms with Gasteiger partial charge in [-0.3, -0.25) is 0 Å². The molecular weight excluding hydrogens is 340 g/mol.